The predicted molar refractivity (Wildman–Crippen MR) is 94.3 cm³/mol. The van der Waals surface area contributed by atoms with Gasteiger partial charge in [-0.2, -0.15) is 9.61 Å². The standard InChI is InChI=1S/C17H17N5O2S/c23-16(21-8-10-24-11-9-21)12-25-17-19-18-15-7-6-14(20-22(15)17)13-4-2-1-3-5-13/h1-7H,8-12H2. The topological polar surface area (TPSA) is 72.6 Å². The van der Waals surface area contributed by atoms with Crippen LogP contribution in [0.15, 0.2) is 47.6 Å². The van der Waals surface area contributed by atoms with Crippen LogP contribution in [0, 0.1) is 0 Å². The minimum absolute atomic E-state index is 0.0873. The number of carbonyl (C=O) groups is 1. The summed E-state index contributed by atoms with van der Waals surface area (Å²) in [5.74, 6) is 0.405. The first-order valence-corrected chi connectivity index (χ1v) is 9.06. The van der Waals surface area contributed by atoms with E-state index in [9.17, 15) is 4.79 Å². The van der Waals surface area contributed by atoms with Gasteiger partial charge in [-0.1, -0.05) is 42.1 Å². The summed E-state index contributed by atoms with van der Waals surface area (Å²) in [5, 5.41) is 13.5. The van der Waals surface area contributed by atoms with Crippen LogP contribution in [0.3, 0.4) is 0 Å². The summed E-state index contributed by atoms with van der Waals surface area (Å²) in [5.41, 5.74) is 2.54. The molecule has 1 aliphatic rings. The SMILES string of the molecule is O=C(CSc1nnc2ccc(-c3ccccc3)nn12)N1CCOCC1. The Hall–Kier alpha value is -2.45. The van der Waals surface area contributed by atoms with E-state index in [1.165, 1.54) is 11.8 Å². The van der Waals surface area contributed by atoms with E-state index in [2.05, 4.69) is 15.3 Å². The molecule has 0 atom stereocenters. The molecule has 0 radical (unpaired) electrons. The molecule has 3 heterocycles. The molecule has 1 fully saturated rings. The van der Waals surface area contributed by atoms with Crippen LogP contribution in [-0.2, 0) is 9.53 Å². The van der Waals surface area contributed by atoms with E-state index in [-0.39, 0.29) is 5.91 Å². The highest BCUT2D eigenvalue weighted by Crippen LogP contribution is 2.20. The van der Waals surface area contributed by atoms with E-state index in [1.54, 1.807) is 4.52 Å². The van der Waals surface area contributed by atoms with E-state index in [4.69, 9.17) is 4.74 Å². The van der Waals surface area contributed by atoms with E-state index in [1.807, 2.05) is 47.4 Å². The number of aromatic nitrogens is 4. The second kappa shape index (κ2) is 7.20. The molecule has 7 nitrogen and oxygen atoms in total. The molecule has 1 aliphatic heterocycles. The Bertz CT molecular complexity index is 877. The van der Waals surface area contributed by atoms with Crippen LogP contribution >= 0.6 is 11.8 Å². The first-order valence-electron chi connectivity index (χ1n) is 8.07. The second-order valence-electron chi connectivity index (χ2n) is 5.62. The molecule has 0 saturated carbocycles. The van der Waals surface area contributed by atoms with Crippen LogP contribution in [0.25, 0.3) is 16.9 Å². The third-order valence-electron chi connectivity index (χ3n) is 3.99. The highest BCUT2D eigenvalue weighted by molar-refractivity contribution is 7.99. The molecule has 3 aromatic rings. The number of ether oxygens (including phenoxy) is 1. The van der Waals surface area contributed by atoms with Crippen LogP contribution in [0.1, 0.15) is 0 Å². The summed E-state index contributed by atoms with van der Waals surface area (Å²) in [6.45, 7) is 2.51. The minimum atomic E-state index is 0.0873. The summed E-state index contributed by atoms with van der Waals surface area (Å²) < 4.78 is 6.97. The predicted octanol–water partition coefficient (Wildman–Crippen LogP) is 1.74. The number of benzene rings is 1. The van der Waals surface area contributed by atoms with Crippen LogP contribution in [0.5, 0.6) is 0 Å². The van der Waals surface area contributed by atoms with Gasteiger partial charge in [-0.05, 0) is 12.1 Å². The molecule has 1 saturated heterocycles. The van der Waals surface area contributed by atoms with Crippen molar-refractivity contribution >= 4 is 23.3 Å². The molecule has 1 amide bonds. The molecular weight excluding hydrogens is 338 g/mol. The first-order chi connectivity index (χ1) is 12.3. The Morgan fingerprint density at radius 2 is 1.88 bits per heavy atom. The van der Waals surface area contributed by atoms with Crippen molar-refractivity contribution in [3.63, 3.8) is 0 Å². The zero-order chi connectivity index (χ0) is 17.1. The van der Waals surface area contributed by atoms with Gasteiger partial charge in [0.1, 0.15) is 0 Å². The second-order valence-corrected chi connectivity index (χ2v) is 6.56. The van der Waals surface area contributed by atoms with Gasteiger partial charge >= 0.3 is 0 Å². The molecule has 2 aromatic heterocycles. The number of morpholine rings is 1. The smallest absolute Gasteiger partial charge is 0.233 e. The molecule has 25 heavy (non-hydrogen) atoms. The van der Waals surface area contributed by atoms with Crippen molar-refractivity contribution in [2.75, 3.05) is 32.1 Å². The van der Waals surface area contributed by atoms with Crippen molar-refractivity contribution in [1.82, 2.24) is 24.7 Å². The first kappa shape index (κ1) is 16.0. The van der Waals surface area contributed by atoms with Gasteiger partial charge in [0, 0.05) is 18.7 Å². The van der Waals surface area contributed by atoms with Gasteiger partial charge in [-0.3, -0.25) is 4.79 Å². The minimum Gasteiger partial charge on any atom is -0.378 e. The fourth-order valence-electron chi connectivity index (χ4n) is 2.65. The molecule has 1 aromatic carbocycles. The van der Waals surface area contributed by atoms with Gasteiger partial charge in [-0.15, -0.1) is 10.2 Å². The number of nitrogens with zero attached hydrogens (tertiary/aromatic N) is 5. The van der Waals surface area contributed by atoms with Crippen molar-refractivity contribution < 1.29 is 9.53 Å². The maximum Gasteiger partial charge on any atom is 0.233 e. The van der Waals surface area contributed by atoms with E-state index < -0.39 is 0 Å². The summed E-state index contributed by atoms with van der Waals surface area (Å²) in [6.07, 6.45) is 0. The van der Waals surface area contributed by atoms with Crippen LogP contribution in [0.2, 0.25) is 0 Å². The Morgan fingerprint density at radius 1 is 1.08 bits per heavy atom. The van der Waals surface area contributed by atoms with Gasteiger partial charge in [0.25, 0.3) is 0 Å². The van der Waals surface area contributed by atoms with Gasteiger partial charge in [-0.25, -0.2) is 0 Å². The lowest BCUT2D eigenvalue weighted by Crippen LogP contribution is -2.41. The molecule has 4 rings (SSSR count). The van der Waals surface area contributed by atoms with Crippen molar-refractivity contribution in [2.45, 2.75) is 5.16 Å². The average Bonchev–Trinajstić information content (AvgIpc) is 3.10. The highest BCUT2D eigenvalue weighted by Gasteiger charge is 2.18. The lowest BCUT2D eigenvalue weighted by atomic mass is 10.1. The summed E-state index contributed by atoms with van der Waals surface area (Å²) in [6, 6.07) is 13.7. The summed E-state index contributed by atoms with van der Waals surface area (Å²) >= 11 is 1.36. The molecule has 0 spiro atoms. The molecule has 0 unspecified atom stereocenters. The quantitative estimate of drug-likeness (QED) is 0.664. The largest absolute Gasteiger partial charge is 0.378 e. The number of rotatable bonds is 4. The van der Waals surface area contributed by atoms with Gasteiger partial charge in [0.05, 0.1) is 24.7 Å². The van der Waals surface area contributed by atoms with E-state index >= 15 is 0 Å². The molecule has 0 aliphatic carbocycles. The number of carbonyl (C=O) groups excluding carboxylic acids is 1. The lowest BCUT2D eigenvalue weighted by Gasteiger charge is -2.26. The highest BCUT2D eigenvalue weighted by atomic mass is 32.2. The van der Waals surface area contributed by atoms with Crippen molar-refractivity contribution in [3.8, 4) is 11.3 Å². The number of amides is 1. The number of hydrogen-bond acceptors (Lipinski definition) is 6. The Morgan fingerprint density at radius 3 is 2.68 bits per heavy atom. The monoisotopic (exact) mass is 355 g/mol. The van der Waals surface area contributed by atoms with Crippen LogP contribution in [0.4, 0.5) is 0 Å². The zero-order valence-electron chi connectivity index (χ0n) is 13.5. The maximum atomic E-state index is 12.3. The molecule has 0 N–H and O–H groups in total. The maximum absolute atomic E-state index is 12.3. The third kappa shape index (κ3) is 3.49. The Labute approximate surface area is 149 Å². The summed E-state index contributed by atoms with van der Waals surface area (Å²) in [4.78, 5) is 14.1. The van der Waals surface area contributed by atoms with Crippen molar-refractivity contribution in [3.05, 3.63) is 42.5 Å². The molecular formula is C17H17N5O2S. The molecule has 0 bridgehead atoms. The zero-order valence-corrected chi connectivity index (χ0v) is 14.4. The number of hydrogen-bond donors (Lipinski definition) is 0. The normalized spacial score (nSPS) is 14.8. The molecule has 128 valence electrons. The lowest BCUT2D eigenvalue weighted by molar-refractivity contribution is -0.132. The fraction of sp³-hybridized carbons (Fsp3) is 0.294. The Kier molecular flexibility index (Phi) is 4.62. The van der Waals surface area contributed by atoms with Gasteiger partial charge in [0.2, 0.25) is 11.1 Å². The number of thioether (sulfide) groups is 1. The van der Waals surface area contributed by atoms with Gasteiger partial charge < -0.3 is 9.64 Å². The van der Waals surface area contributed by atoms with Crippen LogP contribution in [-0.4, -0.2) is 62.7 Å². The van der Waals surface area contributed by atoms with E-state index in [0.717, 1.165) is 11.3 Å². The fourth-order valence-corrected chi connectivity index (χ4v) is 3.44. The van der Waals surface area contributed by atoms with Crippen LogP contribution < -0.4 is 0 Å². The van der Waals surface area contributed by atoms with Crippen molar-refractivity contribution in [2.24, 2.45) is 0 Å². The molecule has 8 heteroatoms. The average molecular weight is 355 g/mol. The number of fused-ring (bicyclic) bond motifs is 1. The van der Waals surface area contributed by atoms with Crippen molar-refractivity contribution in [1.29, 1.82) is 0 Å². The summed E-state index contributed by atoms with van der Waals surface area (Å²) in [7, 11) is 0. The van der Waals surface area contributed by atoms with Gasteiger partial charge in [0.15, 0.2) is 5.65 Å². The Balaban J connectivity index is 1.52. The van der Waals surface area contributed by atoms with E-state index in [0.29, 0.717) is 42.9 Å². The third-order valence-corrected chi connectivity index (χ3v) is 4.90.